The van der Waals surface area contributed by atoms with Crippen molar-refractivity contribution < 1.29 is 33.9 Å². The van der Waals surface area contributed by atoms with Gasteiger partial charge in [0.05, 0.1) is 6.54 Å². The highest BCUT2D eigenvalue weighted by atomic mass is 33.1. The van der Waals surface area contributed by atoms with E-state index in [1.165, 1.54) is 31.4 Å². The summed E-state index contributed by atoms with van der Waals surface area (Å²) in [5, 5.41) is 16.5. The molecule has 3 aliphatic heterocycles. The normalized spacial score (nSPS) is 26.9. The van der Waals surface area contributed by atoms with Crippen LogP contribution < -0.4 is 21.7 Å². The fraction of sp³-hybridized carbons (Fsp3) is 0.700. The van der Waals surface area contributed by atoms with E-state index in [1.54, 1.807) is 0 Å². The van der Waals surface area contributed by atoms with Gasteiger partial charge in [-0.3, -0.25) is 28.8 Å². The molecule has 0 bridgehead atoms. The molecule has 35 heavy (non-hydrogen) atoms. The summed E-state index contributed by atoms with van der Waals surface area (Å²) >= 11 is 0. The van der Waals surface area contributed by atoms with Crippen molar-refractivity contribution in [2.24, 2.45) is 5.73 Å². The molecular formula is C20H30N6O7S2. The molecule has 0 saturated carbocycles. The van der Waals surface area contributed by atoms with Gasteiger partial charge in [0.1, 0.15) is 30.7 Å². The zero-order valence-electron chi connectivity index (χ0n) is 19.1. The van der Waals surface area contributed by atoms with Crippen LogP contribution in [-0.2, 0) is 28.8 Å². The third kappa shape index (κ3) is 6.79. The Morgan fingerprint density at radius 1 is 1.00 bits per heavy atom. The minimum Gasteiger partial charge on any atom is -0.480 e. The largest absolute Gasteiger partial charge is 0.480 e. The van der Waals surface area contributed by atoms with Crippen molar-refractivity contribution in [3.63, 3.8) is 0 Å². The van der Waals surface area contributed by atoms with Gasteiger partial charge in [0.2, 0.25) is 29.5 Å². The number of amides is 5. The average Bonchev–Trinajstić information content (AvgIpc) is 3.51. The summed E-state index contributed by atoms with van der Waals surface area (Å²) in [7, 11) is 2.71. The molecule has 0 aromatic heterocycles. The van der Waals surface area contributed by atoms with Gasteiger partial charge in [-0.2, -0.15) is 0 Å². The molecule has 0 aliphatic carbocycles. The number of rotatable bonds is 7. The number of carbonyl (C=O) groups excluding carboxylic acids is 5. The number of hydrogen-bond donors (Lipinski definition) is 5. The second-order valence-electron chi connectivity index (χ2n) is 8.44. The van der Waals surface area contributed by atoms with Crippen LogP contribution in [0, 0.1) is 0 Å². The van der Waals surface area contributed by atoms with Crippen molar-refractivity contribution in [2.75, 3.05) is 37.7 Å². The number of likely N-dealkylation sites (tertiary alicyclic amines) is 2. The molecule has 3 rings (SSSR count). The van der Waals surface area contributed by atoms with Gasteiger partial charge in [0, 0.05) is 24.6 Å². The second-order valence-corrected chi connectivity index (χ2v) is 11.0. The van der Waals surface area contributed by atoms with Crippen LogP contribution in [-0.4, -0.2) is 112 Å². The Balaban J connectivity index is 1.61. The van der Waals surface area contributed by atoms with Gasteiger partial charge in [-0.25, -0.2) is 0 Å². The Labute approximate surface area is 210 Å². The van der Waals surface area contributed by atoms with Crippen molar-refractivity contribution in [1.29, 1.82) is 0 Å². The van der Waals surface area contributed by atoms with Crippen molar-refractivity contribution in [3.05, 3.63) is 0 Å². The topological polar surface area (TPSA) is 191 Å². The molecule has 4 atom stereocenters. The van der Waals surface area contributed by atoms with Crippen molar-refractivity contribution in [1.82, 2.24) is 25.8 Å². The number of aliphatic carboxylic acids is 1. The van der Waals surface area contributed by atoms with Gasteiger partial charge in [-0.1, -0.05) is 21.6 Å². The molecule has 3 fully saturated rings. The van der Waals surface area contributed by atoms with E-state index < -0.39 is 60.3 Å². The lowest BCUT2D eigenvalue weighted by molar-refractivity contribution is -0.142. The zero-order valence-corrected chi connectivity index (χ0v) is 20.7. The number of carboxylic acid groups (broad SMARTS) is 1. The number of nitrogens with zero attached hydrogens (tertiary/aromatic N) is 2. The summed E-state index contributed by atoms with van der Waals surface area (Å²) in [5.74, 6) is -2.89. The molecule has 3 heterocycles. The minimum absolute atomic E-state index is 0.199. The molecule has 0 spiro atoms. The van der Waals surface area contributed by atoms with E-state index in [0.29, 0.717) is 38.8 Å². The van der Waals surface area contributed by atoms with Crippen molar-refractivity contribution in [3.8, 4) is 0 Å². The number of nitrogens with two attached hydrogens (primary N) is 1. The van der Waals surface area contributed by atoms with Crippen molar-refractivity contribution in [2.45, 2.75) is 49.9 Å². The van der Waals surface area contributed by atoms with Gasteiger partial charge in [0.25, 0.3) is 0 Å². The second kappa shape index (κ2) is 12.4. The predicted octanol–water partition coefficient (Wildman–Crippen LogP) is -2.51. The quantitative estimate of drug-likeness (QED) is 0.220. The van der Waals surface area contributed by atoms with E-state index in [4.69, 9.17) is 10.8 Å². The molecule has 0 radical (unpaired) electrons. The molecule has 13 nitrogen and oxygen atoms in total. The summed E-state index contributed by atoms with van der Waals surface area (Å²) in [4.78, 5) is 76.9. The predicted molar refractivity (Wildman–Crippen MR) is 128 cm³/mol. The van der Waals surface area contributed by atoms with E-state index in [1.807, 2.05) is 0 Å². The molecular weight excluding hydrogens is 500 g/mol. The first-order valence-electron chi connectivity index (χ1n) is 11.4. The first-order chi connectivity index (χ1) is 16.7. The molecule has 0 aromatic rings. The smallest absolute Gasteiger partial charge is 0.322 e. The molecule has 3 saturated heterocycles. The van der Waals surface area contributed by atoms with Crippen LogP contribution in [0.15, 0.2) is 0 Å². The Morgan fingerprint density at radius 2 is 1.63 bits per heavy atom. The zero-order chi connectivity index (χ0) is 25.5. The Kier molecular flexibility index (Phi) is 9.63. The lowest BCUT2D eigenvalue weighted by Crippen LogP contribution is -2.60. The van der Waals surface area contributed by atoms with E-state index in [2.05, 4.69) is 16.0 Å². The molecule has 3 aliphatic rings. The molecule has 6 N–H and O–H groups in total. The Hall–Kier alpha value is -2.52. The standard InChI is InChI=1S/C20H30N6O7S2/c21-7-15(27)25-5-1-4-14(25)19(32)23-11-9-34-35-10-12(24-17(11)30)20(33)26-6-2-3-13(26)18(31)22-8-16(28)29/h11-14H,1-10,21H2,(H,22,31)(H,23,32)(H,24,30)(H,28,29)/t11-,12-,13-,14-/m0/s1. The molecule has 194 valence electrons. The van der Waals surface area contributed by atoms with E-state index in [9.17, 15) is 28.8 Å². The van der Waals surface area contributed by atoms with Crippen LogP contribution >= 0.6 is 21.6 Å². The lowest BCUT2D eigenvalue weighted by Gasteiger charge is -2.31. The third-order valence-corrected chi connectivity index (χ3v) is 8.53. The number of nitrogens with one attached hydrogen (secondary N) is 3. The van der Waals surface area contributed by atoms with E-state index >= 15 is 0 Å². The highest BCUT2D eigenvalue weighted by molar-refractivity contribution is 8.76. The summed E-state index contributed by atoms with van der Waals surface area (Å²) in [6.07, 6.45) is 2.13. The highest BCUT2D eigenvalue weighted by Gasteiger charge is 2.40. The van der Waals surface area contributed by atoms with Gasteiger partial charge in [-0.15, -0.1) is 0 Å². The van der Waals surface area contributed by atoms with Crippen LogP contribution in [0.2, 0.25) is 0 Å². The maximum Gasteiger partial charge on any atom is 0.322 e. The number of carbonyl (C=O) groups is 6. The molecule has 0 aromatic carbocycles. The van der Waals surface area contributed by atoms with Gasteiger partial charge in [-0.05, 0) is 25.7 Å². The first-order valence-corrected chi connectivity index (χ1v) is 13.9. The van der Waals surface area contributed by atoms with Gasteiger partial charge in [0.15, 0.2) is 0 Å². The van der Waals surface area contributed by atoms with Gasteiger partial charge < -0.3 is 36.6 Å². The summed E-state index contributed by atoms with van der Waals surface area (Å²) in [6, 6.07) is -3.30. The van der Waals surface area contributed by atoms with E-state index in [0.717, 1.165) is 0 Å². The van der Waals surface area contributed by atoms with Crippen LogP contribution in [0.5, 0.6) is 0 Å². The number of hydrogen-bond acceptors (Lipinski definition) is 9. The van der Waals surface area contributed by atoms with E-state index in [-0.39, 0.29) is 24.0 Å². The van der Waals surface area contributed by atoms with Gasteiger partial charge >= 0.3 is 5.97 Å². The first kappa shape index (κ1) is 27.1. The average molecular weight is 531 g/mol. The maximum absolute atomic E-state index is 13.2. The minimum atomic E-state index is -1.18. The SMILES string of the molecule is NCC(=O)N1CCC[C@H]1C(=O)N[C@H]1CSSC[C@@H](C(=O)N2CCC[C@H]2C(=O)NCC(=O)O)NC1=O. The molecule has 15 heteroatoms. The van der Waals surface area contributed by atoms with Crippen LogP contribution in [0.1, 0.15) is 25.7 Å². The fourth-order valence-corrected chi connectivity index (χ4v) is 6.69. The number of carboxylic acids is 1. The molecule has 0 unspecified atom stereocenters. The van der Waals surface area contributed by atoms with Crippen LogP contribution in [0.3, 0.4) is 0 Å². The molecule has 5 amide bonds. The highest BCUT2D eigenvalue weighted by Crippen LogP contribution is 2.27. The maximum atomic E-state index is 13.2. The third-order valence-electron chi connectivity index (χ3n) is 6.10. The van der Waals surface area contributed by atoms with Crippen LogP contribution in [0.4, 0.5) is 0 Å². The Morgan fingerprint density at radius 3 is 2.29 bits per heavy atom. The van der Waals surface area contributed by atoms with Crippen molar-refractivity contribution >= 4 is 57.1 Å². The fourth-order valence-electron chi connectivity index (χ4n) is 4.37. The summed E-state index contributed by atoms with van der Waals surface area (Å²) < 4.78 is 0. The summed E-state index contributed by atoms with van der Waals surface area (Å²) in [5.41, 5.74) is 5.43. The summed E-state index contributed by atoms with van der Waals surface area (Å²) in [6.45, 7) is 0.0146. The lowest BCUT2D eigenvalue weighted by atomic mass is 10.1. The Bertz CT molecular complexity index is 875. The van der Waals surface area contributed by atoms with Crippen LogP contribution in [0.25, 0.3) is 0 Å². The monoisotopic (exact) mass is 530 g/mol.